The van der Waals surface area contributed by atoms with E-state index in [1.807, 2.05) is 0 Å². The first-order chi connectivity index (χ1) is 9.56. The van der Waals surface area contributed by atoms with Crippen LogP contribution in [0.5, 0.6) is 0 Å². The largest absolute Gasteiger partial charge is 0.354 e. The number of nitrogens with zero attached hydrogens (tertiary/aromatic N) is 1. The molecule has 0 spiro atoms. The van der Waals surface area contributed by atoms with Gasteiger partial charge in [-0.3, -0.25) is 19.3 Å². The van der Waals surface area contributed by atoms with Gasteiger partial charge in [-0.15, -0.1) is 0 Å². The molecule has 106 valence electrons. The monoisotopic (exact) mass is 275 g/mol. The maximum Gasteiger partial charge on any atom is 0.238 e. The first kappa shape index (κ1) is 14.2. The van der Waals surface area contributed by atoms with Crippen LogP contribution < -0.4 is 10.6 Å². The SMILES string of the molecule is CC(=O)c1ccccc1NC(=O)CN1CCNC(=O)C1. The van der Waals surface area contributed by atoms with Crippen molar-refractivity contribution in [3.8, 4) is 0 Å². The lowest BCUT2D eigenvalue weighted by molar-refractivity contribution is -0.125. The van der Waals surface area contributed by atoms with Crippen molar-refractivity contribution in [3.63, 3.8) is 0 Å². The van der Waals surface area contributed by atoms with E-state index >= 15 is 0 Å². The van der Waals surface area contributed by atoms with Crippen LogP contribution in [0.3, 0.4) is 0 Å². The first-order valence-electron chi connectivity index (χ1n) is 6.45. The number of hydrogen-bond donors (Lipinski definition) is 2. The van der Waals surface area contributed by atoms with Gasteiger partial charge in [0.2, 0.25) is 11.8 Å². The van der Waals surface area contributed by atoms with E-state index < -0.39 is 0 Å². The fourth-order valence-electron chi connectivity index (χ4n) is 2.12. The van der Waals surface area contributed by atoms with Crippen molar-refractivity contribution in [1.29, 1.82) is 0 Å². The van der Waals surface area contributed by atoms with Crippen LogP contribution in [0.1, 0.15) is 17.3 Å². The Labute approximate surface area is 117 Å². The third-order valence-electron chi connectivity index (χ3n) is 3.07. The molecule has 0 aliphatic carbocycles. The number of nitrogens with one attached hydrogen (secondary N) is 2. The molecule has 0 bridgehead atoms. The van der Waals surface area contributed by atoms with Gasteiger partial charge in [0.1, 0.15) is 0 Å². The van der Waals surface area contributed by atoms with Crippen LogP contribution in [0.4, 0.5) is 5.69 Å². The van der Waals surface area contributed by atoms with Gasteiger partial charge in [0, 0.05) is 18.7 Å². The minimum Gasteiger partial charge on any atom is -0.354 e. The maximum absolute atomic E-state index is 12.0. The van der Waals surface area contributed by atoms with Crippen molar-refractivity contribution in [3.05, 3.63) is 29.8 Å². The summed E-state index contributed by atoms with van der Waals surface area (Å²) in [6, 6.07) is 6.88. The number of piperazine rings is 1. The van der Waals surface area contributed by atoms with Crippen molar-refractivity contribution in [2.24, 2.45) is 0 Å². The van der Waals surface area contributed by atoms with E-state index in [0.29, 0.717) is 24.3 Å². The Balaban J connectivity index is 1.98. The highest BCUT2D eigenvalue weighted by Crippen LogP contribution is 2.15. The molecule has 2 rings (SSSR count). The summed E-state index contributed by atoms with van der Waals surface area (Å²) in [5.41, 5.74) is 0.990. The summed E-state index contributed by atoms with van der Waals surface area (Å²) in [5, 5.41) is 5.42. The van der Waals surface area contributed by atoms with Gasteiger partial charge in [-0.1, -0.05) is 12.1 Å². The number of anilines is 1. The molecule has 0 aromatic heterocycles. The zero-order valence-electron chi connectivity index (χ0n) is 11.3. The Hall–Kier alpha value is -2.21. The third-order valence-corrected chi connectivity index (χ3v) is 3.07. The molecule has 0 atom stereocenters. The highest BCUT2D eigenvalue weighted by molar-refractivity contribution is 6.04. The highest BCUT2D eigenvalue weighted by Gasteiger charge is 2.19. The molecule has 1 heterocycles. The molecule has 1 aromatic carbocycles. The summed E-state index contributed by atoms with van der Waals surface area (Å²) < 4.78 is 0. The molecule has 1 saturated heterocycles. The van der Waals surface area contributed by atoms with E-state index in [4.69, 9.17) is 0 Å². The first-order valence-corrected chi connectivity index (χ1v) is 6.45. The summed E-state index contributed by atoms with van der Waals surface area (Å²) in [7, 11) is 0. The van der Waals surface area contributed by atoms with E-state index in [-0.39, 0.29) is 30.7 Å². The summed E-state index contributed by atoms with van der Waals surface area (Å²) in [6.45, 7) is 3.02. The zero-order chi connectivity index (χ0) is 14.5. The number of Topliss-reactive ketones (excluding diaryl/α,β-unsaturated/α-hetero) is 1. The Bertz CT molecular complexity index is 542. The molecule has 1 aromatic rings. The van der Waals surface area contributed by atoms with Crippen LogP contribution in [-0.2, 0) is 9.59 Å². The average molecular weight is 275 g/mol. The van der Waals surface area contributed by atoms with Gasteiger partial charge in [-0.05, 0) is 19.1 Å². The van der Waals surface area contributed by atoms with Crippen LogP contribution in [0.25, 0.3) is 0 Å². The standard InChI is InChI=1S/C14H17N3O3/c1-10(18)11-4-2-3-5-12(11)16-14(20)9-17-7-6-15-13(19)8-17/h2-5H,6-9H2,1H3,(H,15,19)(H,16,20). The van der Waals surface area contributed by atoms with Gasteiger partial charge in [0.25, 0.3) is 0 Å². The van der Waals surface area contributed by atoms with E-state index in [9.17, 15) is 14.4 Å². The minimum atomic E-state index is -0.228. The number of ketones is 1. The molecule has 1 aliphatic heterocycles. The third kappa shape index (κ3) is 3.64. The van der Waals surface area contributed by atoms with E-state index in [1.165, 1.54) is 6.92 Å². The van der Waals surface area contributed by atoms with E-state index in [1.54, 1.807) is 29.2 Å². The second-order valence-electron chi connectivity index (χ2n) is 4.71. The van der Waals surface area contributed by atoms with Crippen LogP contribution >= 0.6 is 0 Å². The topological polar surface area (TPSA) is 78.5 Å². The molecule has 2 amide bonds. The fraction of sp³-hybridized carbons (Fsp3) is 0.357. The number of hydrogen-bond acceptors (Lipinski definition) is 4. The molecule has 1 fully saturated rings. The van der Waals surface area contributed by atoms with Crippen molar-refractivity contribution in [2.45, 2.75) is 6.92 Å². The molecule has 2 N–H and O–H groups in total. The lowest BCUT2D eigenvalue weighted by Gasteiger charge is -2.25. The molecule has 0 saturated carbocycles. The molecule has 0 unspecified atom stereocenters. The second-order valence-corrected chi connectivity index (χ2v) is 4.71. The number of benzene rings is 1. The predicted molar refractivity (Wildman–Crippen MR) is 74.5 cm³/mol. The molecular weight excluding hydrogens is 258 g/mol. The number of para-hydroxylation sites is 1. The zero-order valence-corrected chi connectivity index (χ0v) is 11.3. The quantitative estimate of drug-likeness (QED) is 0.773. The maximum atomic E-state index is 12.0. The minimum absolute atomic E-state index is 0.0758. The van der Waals surface area contributed by atoms with Crippen LogP contribution in [0, 0.1) is 0 Å². The summed E-state index contributed by atoms with van der Waals surface area (Å²) >= 11 is 0. The number of carbonyl (C=O) groups excluding carboxylic acids is 3. The van der Waals surface area contributed by atoms with Gasteiger partial charge >= 0.3 is 0 Å². The van der Waals surface area contributed by atoms with Gasteiger partial charge in [0.05, 0.1) is 18.8 Å². The van der Waals surface area contributed by atoms with Crippen molar-refractivity contribution in [1.82, 2.24) is 10.2 Å². The molecule has 6 heteroatoms. The molecular formula is C14H17N3O3. The number of amides is 2. The van der Waals surface area contributed by atoms with Crippen molar-refractivity contribution < 1.29 is 14.4 Å². The highest BCUT2D eigenvalue weighted by atomic mass is 16.2. The summed E-state index contributed by atoms with van der Waals surface area (Å²) in [4.78, 5) is 36.4. The fourth-order valence-corrected chi connectivity index (χ4v) is 2.12. The van der Waals surface area contributed by atoms with Crippen LogP contribution in [0.2, 0.25) is 0 Å². The van der Waals surface area contributed by atoms with Gasteiger partial charge in [-0.2, -0.15) is 0 Å². The molecule has 6 nitrogen and oxygen atoms in total. The van der Waals surface area contributed by atoms with Crippen LogP contribution in [-0.4, -0.2) is 48.7 Å². The van der Waals surface area contributed by atoms with Gasteiger partial charge in [0.15, 0.2) is 5.78 Å². The molecule has 20 heavy (non-hydrogen) atoms. The Morgan fingerprint density at radius 3 is 2.80 bits per heavy atom. The number of carbonyl (C=O) groups is 3. The summed E-state index contributed by atoms with van der Waals surface area (Å²) in [6.07, 6.45) is 0. The Morgan fingerprint density at radius 1 is 1.35 bits per heavy atom. The summed E-state index contributed by atoms with van der Waals surface area (Å²) in [5.74, 6) is -0.403. The number of rotatable bonds is 4. The van der Waals surface area contributed by atoms with E-state index in [2.05, 4.69) is 10.6 Å². The van der Waals surface area contributed by atoms with E-state index in [0.717, 1.165) is 0 Å². The predicted octanol–water partition coefficient (Wildman–Crippen LogP) is 0.259. The molecule has 0 radical (unpaired) electrons. The van der Waals surface area contributed by atoms with Gasteiger partial charge in [-0.25, -0.2) is 0 Å². The normalized spacial score (nSPS) is 15.6. The second kappa shape index (κ2) is 6.29. The van der Waals surface area contributed by atoms with Gasteiger partial charge < -0.3 is 10.6 Å². The van der Waals surface area contributed by atoms with Crippen LogP contribution in [0.15, 0.2) is 24.3 Å². The molecule has 1 aliphatic rings. The Kier molecular flexibility index (Phi) is 4.47. The smallest absolute Gasteiger partial charge is 0.238 e. The van der Waals surface area contributed by atoms with Crippen molar-refractivity contribution in [2.75, 3.05) is 31.5 Å². The Morgan fingerprint density at radius 2 is 2.10 bits per heavy atom. The lowest BCUT2D eigenvalue weighted by atomic mass is 10.1. The lowest BCUT2D eigenvalue weighted by Crippen LogP contribution is -2.49. The average Bonchev–Trinajstić information content (AvgIpc) is 2.38. The van der Waals surface area contributed by atoms with Crippen molar-refractivity contribution >= 4 is 23.3 Å².